The van der Waals surface area contributed by atoms with Gasteiger partial charge in [-0.15, -0.1) is 0 Å². The lowest BCUT2D eigenvalue weighted by Gasteiger charge is -2.11. The minimum Gasteiger partial charge on any atom is -0.465 e. The highest BCUT2D eigenvalue weighted by atomic mass is 19.3. The molecule has 4 heteroatoms. The number of methoxy groups -OCH3 is 1. The number of ether oxygens (including phenoxy) is 1. The van der Waals surface area contributed by atoms with Gasteiger partial charge in [0.05, 0.1) is 7.11 Å². The fourth-order valence-electron chi connectivity index (χ4n) is 0.917. The molecule has 1 aliphatic rings. The van der Waals surface area contributed by atoms with Crippen molar-refractivity contribution >= 4 is 5.97 Å². The van der Waals surface area contributed by atoms with Crippen molar-refractivity contribution in [3.63, 3.8) is 0 Å². The Morgan fingerprint density at radius 2 is 2.18 bits per heavy atom. The number of halogens is 2. The average molecular weight is 164 g/mol. The van der Waals surface area contributed by atoms with Crippen LogP contribution >= 0.6 is 0 Å². The minimum atomic E-state index is -3.27. The van der Waals surface area contributed by atoms with Crippen molar-refractivity contribution in [2.75, 3.05) is 7.11 Å². The summed E-state index contributed by atoms with van der Waals surface area (Å²) >= 11 is 0. The van der Waals surface area contributed by atoms with Crippen LogP contribution in [0.15, 0.2) is 0 Å². The van der Waals surface area contributed by atoms with Crippen molar-refractivity contribution in [2.24, 2.45) is 5.92 Å². The van der Waals surface area contributed by atoms with Gasteiger partial charge in [0, 0.05) is 6.42 Å². The third-order valence-electron chi connectivity index (χ3n) is 1.73. The Bertz CT molecular complexity index is 164. The molecule has 11 heavy (non-hydrogen) atoms. The monoisotopic (exact) mass is 164 g/mol. The number of hydrogen-bond acceptors (Lipinski definition) is 2. The SMILES string of the molecule is COC(=O)C(F)(F)CC1CC1. The molecular formula is C7H10F2O2. The van der Waals surface area contributed by atoms with E-state index in [1.807, 2.05) is 0 Å². The van der Waals surface area contributed by atoms with E-state index in [1.165, 1.54) is 0 Å². The standard InChI is InChI=1S/C7H10F2O2/c1-11-6(10)7(8,9)4-5-2-3-5/h5H,2-4H2,1H3. The van der Waals surface area contributed by atoms with Crippen molar-refractivity contribution in [2.45, 2.75) is 25.2 Å². The summed E-state index contributed by atoms with van der Waals surface area (Å²) in [7, 11) is 0.975. The van der Waals surface area contributed by atoms with E-state index >= 15 is 0 Å². The molecule has 64 valence electrons. The number of esters is 1. The molecule has 0 amide bonds. The molecule has 0 heterocycles. The molecule has 0 N–H and O–H groups in total. The van der Waals surface area contributed by atoms with Gasteiger partial charge in [-0.3, -0.25) is 0 Å². The maximum Gasteiger partial charge on any atom is 0.376 e. The molecule has 1 aliphatic carbocycles. The first-order valence-corrected chi connectivity index (χ1v) is 3.52. The van der Waals surface area contributed by atoms with Gasteiger partial charge in [0.1, 0.15) is 0 Å². The summed E-state index contributed by atoms with van der Waals surface area (Å²) in [6, 6.07) is 0. The number of alkyl halides is 2. The lowest BCUT2D eigenvalue weighted by Crippen LogP contribution is -2.30. The molecule has 0 spiro atoms. The van der Waals surface area contributed by atoms with Crippen LogP contribution in [0.4, 0.5) is 8.78 Å². The van der Waals surface area contributed by atoms with Crippen LogP contribution in [0.2, 0.25) is 0 Å². The summed E-state index contributed by atoms with van der Waals surface area (Å²) < 4.78 is 29.2. The number of carbonyl (C=O) groups excluding carboxylic acids is 1. The van der Waals surface area contributed by atoms with E-state index in [-0.39, 0.29) is 12.3 Å². The molecule has 1 fully saturated rings. The third-order valence-corrected chi connectivity index (χ3v) is 1.73. The first-order valence-electron chi connectivity index (χ1n) is 3.52. The number of hydrogen-bond donors (Lipinski definition) is 0. The Kier molecular flexibility index (Phi) is 2.11. The van der Waals surface area contributed by atoms with Gasteiger partial charge in [-0.2, -0.15) is 8.78 Å². The van der Waals surface area contributed by atoms with Crippen molar-refractivity contribution in [3.05, 3.63) is 0 Å². The molecule has 1 saturated carbocycles. The lowest BCUT2D eigenvalue weighted by atomic mass is 10.2. The summed E-state index contributed by atoms with van der Waals surface area (Å²) in [5, 5.41) is 0. The average Bonchev–Trinajstić information content (AvgIpc) is 2.69. The number of rotatable bonds is 3. The zero-order chi connectivity index (χ0) is 8.48. The molecule has 1 rings (SSSR count). The van der Waals surface area contributed by atoms with E-state index in [4.69, 9.17) is 0 Å². The Balaban J connectivity index is 2.42. The minimum absolute atomic E-state index is 0.0316. The van der Waals surface area contributed by atoms with Gasteiger partial charge in [-0.05, 0) is 18.8 Å². The van der Waals surface area contributed by atoms with Crippen LogP contribution in [0.25, 0.3) is 0 Å². The van der Waals surface area contributed by atoms with Gasteiger partial charge in [-0.25, -0.2) is 4.79 Å². The molecule has 0 aliphatic heterocycles. The topological polar surface area (TPSA) is 26.3 Å². The van der Waals surface area contributed by atoms with Gasteiger partial charge >= 0.3 is 11.9 Å². The second-order valence-electron chi connectivity index (χ2n) is 2.84. The van der Waals surface area contributed by atoms with E-state index in [9.17, 15) is 13.6 Å². The molecule has 0 bridgehead atoms. The second kappa shape index (κ2) is 2.75. The molecule has 0 unspecified atom stereocenters. The van der Waals surface area contributed by atoms with Crippen LogP contribution in [-0.4, -0.2) is 19.0 Å². The Morgan fingerprint density at radius 3 is 2.55 bits per heavy atom. The maximum atomic E-state index is 12.6. The van der Waals surface area contributed by atoms with Crippen LogP contribution < -0.4 is 0 Å². The molecule has 0 aromatic rings. The molecule has 0 atom stereocenters. The van der Waals surface area contributed by atoms with Gasteiger partial charge in [0.15, 0.2) is 0 Å². The summed E-state index contributed by atoms with van der Waals surface area (Å²) in [5.74, 6) is -4.65. The highest BCUT2D eigenvalue weighted by Crippen LogP contribution is 2.39. The van der Waals surface area contributed by atoms with Crippen LogP contribution in [0.3, 0.4) is 0 Å². The fourth-order valence-corrected chi connectivity index (χ4v) is 0.917. The van der Waals surface area contributed by atoms with Crippen molar-refractivity contribution in [1.29, 1.82) is 0 Å². The fraction of sp³-hybridized carbons (Fsp3) is 0.857. The number of carbonyl (C=O) groups is 1. The summed E-state index contributed by atoms with van der Waals surface area (Å²) in [6.07, 6.45) is 1.28. The lowest BCUT2D eigenvalue weighted by molar-refractivity contribution is -0.170. The van der Waals surface area contributed by atoms with E-state index in [1.54, 1.807) is 0 Å². The Hall–Kier alpha value is -0.670. The zero-order valence-electron chi connectivity index (χ0n) is 6.27. The maximum absolute atomic E-state index is 12.6. The van der Waals surface area contributed by atoms with E-state index < -0.39 is 11.9 Å². The summed E-state index contributed by atoms with van der Waals surface area (Å²) in [6.45, 7) is 0. The normalized spacial score (nSPS) is 18.1. The zero-order valence-corrected chi connectivity index (χ0v) is 6.27. The predicted octanol–water partition coefficient (Wildman–Crippen LogP) is 1.59. The van der Waals surface area contributed by atoms with Crippen molar-refractivity contribution in [1.82, 2.24) is 0 Å². The van der Waals surface area contributed by atoms with Crippen LogP contribution in [-0.2, 0) is 9.53 Å². The van der Waals surface area contributed by atoms with E-state index in [0.29, 0.717) is 0 Å². The van der Waals surface area contributed by atoms with Crippen LogP contribution in [0.5, 0.6) is 0 Å². The summed E-state index contributed by atoms with van der Waals surface area (Å²) in [5.41, 5.74) is 0. The molecule has 0 radical (unpaired) electrons. The second-order valence-corrected chi connectivity index (χ2v) is 2.84. The van der Waals surface area contributed by atoms with Crippen molar-refractivity contribution in [3.8, 4) is 0 Å². The smallest absolute Gasteiger partial charge is 0.376 e. The first-order chi connectivity index (χ1) is 5.06. The highest BCUT2D eigenvalue weighted by Gasteiger charge is 2.44. The molecule has 2 nitrogen and oxygen atoms in total. The van der Waals surface area contributed by atoms with Gasteiger partial charge in [0.2, 0.25) is 0 Å². The van der Waals surface area contributed by atoms with E-state index in [2.05, 4.69) is 4.74 Å². The third kappa shape index (κ3) is 2.13. The Labute approximate surface area is 63.5 Å². The molecule has 0 aromatic carbocycles. The molecule has 0 saturated heterocycles. The van der Waals surface area contributed by atoms with E-state index in [0.717, 1.165) is 20.0 Å². The van der Waals surface area contributed by atoms with Crippen molar-refractivity contribution < 1.29 is 18.3 Å². The van der Waals surface area contributed by atoms with Gasteiger partial charge in [0.25, 0.3) is 0 Å². The summed E-state index contributed by atoms with van der Waals surface area (Å²) in [4.78, 5) is 10.4. The highest BCUT2D eigenvalue weighted by molar-refractivity contribution is 5.77. The van der Waals surface area contributed by atoms with Gasteiger partial charge < -0.3 is 4.74 Å². The van der Waals surface area contributed by atoms with Gasteiger partial charge in [-0.1, -0.05) is 0 Å². The van der Waals surface area contributed by atoms with Crippen LogP contribution in [0, 0.1) is 5.92 Å². The molecule has 0 aromatic heterocycles. The molecular weight excluding hydrogens is 154 g/mol. The predicted molar refractivity (Wildman–Crippen MR) is 34.3 cm³/mol. The quantitative estimate of drug-likeness (QED) is 0.592. The Morgan fingerprint density at radius 1 is 1.64 bits per heavy atom. The first kappa shape index (κ1) is 8.43. The van der Waals surface area contributed by atoms with Crippen LogP contribution in [0.1, 0.15) is 19.3 Å². The largest absolute Gasteiger partial charge is 0.465 e.